The van der Waals surface area contributed by atoms with Crippen molar-refractivity contribution < 1.29 is 10.0 Å². The maximum Gasteiger partial charge on any atom is 0.432 e. The summed E-state index contributed by atoms with van der Waals surface area (Å²) < 4.78 is 0. The fraction of sp³-hybridized carbons (Fsp3) is 1.00. The van der Waals surface area contributed by atoms with Crippen LogP contribution in [-0.4, -0.2) is 17.7 Å². The van der Waals surface area contributed by atoms with Gasteiger partial charge in [-0.3, -0.25) is 0 Å². The van der Waals surface area contributed by atoms with Gasteiger partial charge in [-0.25, -0.2) is 0 Å². The zero-order valence-corrected chi connectivity index (χ0v) is 7.84. The van der Waals surface area contributed by atoms with E-state index in [0.717, 1.165) is 0 Å². The van der Waals surface area contributed by atoms with E-state index in [4.69, 9.17) is 10.0 Å². The molecule has 0 aromatic carbocycles. The van der Waals surface area contributed by atoms with Crippen LogP contribution in [0.3, 0.4) is 0 Å². The lowest BCUT2D eigenvalue weighted by Crippen LogP contribution is -1.75. The molecule has 0 aromatic rings. The number of unbranched alkanes of at least 4 members (excludes halogenated alkanes) is 5. The fourth-order valence-electron chi connectivity index (χ4n) is 0.854. The molecule has 0 atom stereocenters. The molecule has 0 saturated heterocycles. The van der Waals surface area contributed by atoms with Crippen molar-refractivity contribution >= 4 is 7.69 Å². The van der Waals surface area contributed by atoms with Crippen molar-refractivity contribution in [3.63, 3.8) is 0 Å². The van der Waals surface area contributed by atoms with E-state index in [-0.39, 0.29) is 0 Å². The average molecular weight is 160 g/mol. The molecule has 0 fully saturated rings. The van der Waals surface area contributed by atoms with Crippen LogP contribution in [0.15, 0.2) is 0 Å². The second-order valence-corrected chi connectivity index (χ2v) is 2.56. The van der Waals surface area contributed by atoms with E-state index in [1.54, 1.807) is 0 Å². The zero-order valence-electron chi connectivity index (χ0n) is 7.84. The Morgan fingerprint density at radius 2 is 1.09 bits per heavy atom. The van der Waals surface area contributed by atoms with Gasteiger partial charge in [-0.05, 0) is 0 Å². The average Bonchev–Trinajstić information content (AvgIpc) is 2.00. The molecule has 0 amide bonds. The molecule has 0 bridgehead atoms. The Hall–Kier alpha value is -0.0151. The monoisotopic (exact) mass is 160 g/mol. The second-order valence-electron chi connectivity index (χ2n) is 2.56. The molecule has 0 aliphatic heterocycles. The van der Waals surface area contributed by atoms with E-state index < -0.39 is 7.69 Å². The van der Waals surface area contributed by atoms with E-state index in [9.17, 15) is 0 Å². The molecule has 68 valence electrons. The predicted octanol–water partition coefficient (Wildman–Crippen LogP) is 1.60. The van der Waals surface area contributed by atoms with Gasteiger partial charge in [0.25, 0.3) is 0 Å². The lowest BCUT2D eigenvalue weighted by Gasteiger charge is -1.93. The first-order chi connectivity index (χ1) is 5.33. The highest BCUT2D eigenvalue weighted by molar-refractivity contribution is 6.13. The van der Waals surface area contributed by atoms with E-state index in [0.29, 0.717) is 0 Å². The van der Waals surface area contributed by atoms with Crippen LogP contribution >= 0.6 is 0 Å². The van der Waals surface area contributed by atoms with Gasteiger partial charge in [0.15, 0.2) is 0 Å². The minimum absolute atomic E-state index is 0.750. The highest BCUT2D eigenvalue weighted by atomic mass is 16.4. The van der Waals surface area contributed by atoms with Crippen molar-refractivity contribution in [1.29, 1.82) is 0 Å². The molecule has 2 nitrogen and oxygen atoms in total. The van der Waals surface area contributed by atoms with E-state index in [1.165, 1.54) is 38.5 Å². The molecule has 3 heteroatoms. The van der Waals surface area contributed by atoms with Crippen LogP contribution in [0.4, 0.5) is 0 Å². The molecule has 2 N–H and O–H groups in total. The maximum atomic E-state index is 7.12. The van der Waals surface area contributed by atoms with E-state index in [2.05, 4.69) is 13.8 Å². The van der Waals surface area contributed by atoms with Crippen LogP contribution in [0.25, 0.3) is 0 Å². The molecule has 0 heterocycles. The molecule has 0 aliphatic rings. The Morgan fingerprint density at radius 3 is 1.27 bits per heavy atom. The van der Waals surface area contributed by atoms with Crippen LogP contribution in [0.1, 0.15) is 52.4 Å². The van der Waals surface area contributed by atoms with Crippen LogP contribution < -0.4 is 0 Å². The molecule has 0 unspecified atom stereocenters. The standard InChI is InChI=1S/C8H18.BH3O2/c1-3-5-7-8-6-4-2;2-1-3/h3-8H2,1-2H3;1-3H. The number of hydrogen-bond donors (Lipinski definition) is 2. The van der Waals surface area contributed by atoms with Gasteiger partial charge >= 0.3 is 7.69 Å². The minimum Gasteiger partial charge on any atom is -0.430 e. The summed E-state index contributed by atoms with van der Waals surface area (Å²) in [5.41, 5.74) is 0. The van der Waals surface area contributed by atoms with Crippen molar-refractivity contribution in [2.45, 2.75) is 52.4 Å². The van der Waals surface area contributed by atoms with Gasteiger partial charge < -0.3 is 10.0 Å². The van der Waals surface area contributed by atoms with Crippen LogP contribution in [-0.2, 0) is 0 Å². The summed E-state index contributed by atoms with van der Waals surface area (Å²) in [6, 6.07) is 0. The Morgan fingerprint density at radius 1 is 0.818 bits per heavy atom. The third-order valence-corrected chi connectivity index (χ3v) is 1.46. The van der Waals surface area contributed by atoms with Gasteiger partial charge in [0.2, 0.25) is 0 Å². The minimum atomic E-state index is -0.750. The lowest BCUT2D eigenvalue weighted by molar-refractivity contribution is 0.448. The molecular formula is C8H21BO2. The molecular weight excluding hydrogens is 139 g/mol. The molecule has 0 aliphatic carbocycles. The largest absolute Gasteiger partial charge is 0.432 e. The third kappa shape index (κ3) is 25.6. The number of rotatable bonds is 5. The lowest BCUT2D eigenvalue weighted by atomic mass is 10.1. The van der Waals surface area contributed by atoms with Crippen molar-refractivity contribution in [2.75, 3.05) is 0 Å². The Bertz CT molecular complexity index is 45.4. The van der Waals surface area contributed by atoms with E-state index >= 15 is 0 Å². The summed E-state index contributed by atoms with van der Waals surface area (Å²) in [6.07, 6.45) is 8.49. The Labute approximate surface area is 70.9 Å². The quantitative estimate of drug-likeness (QED) is 0.473. The van der Waals surface area contributed by atoms with Crippen LogP contribution in [0, 0.1) is 0 Å². The van der Waals surface area contributed by atoms with Gasteiger partial charge in [-0.1, -0.05) is 52.4 Å². The maximum absolute atomic E-state index is 7.12. The van der Waals surface area contributed by atoms with Crippen molar-refractivity contribution in [1.82, 2.24) is 0 Å². The first-order valence-corrected chi connectivity index (χ1v) is 4.55. The van der Waals surface area contributed by atoms with Gasteiger partial charge in [0, 0.05) is 0 Å². The van der Waals surface area contributed by atoms with Crippen molar-refractivity contribution in [3.05, 3.63) is 0 Å². The van der Waals surface area contributed by atoms with Gasteiger partial charge in [0.1, 0.15) is 0 Å². The highest BCUT2D eigenvalue weighted by Crippen LogP contribution is 2.03. The fourth-order valence-corrected chi connectivity index (χ4v) is 0.854. The Kier molecular flexibility index (Phi) is 20.4. The van der Waals surface area contributed by atoms with Crippen LogP contribution in [0.5, 0.6) is 0 Å². The first kappa shape index (κ1) is 13.6. The first-order valence-electron chi connectivity index (χ1n) is 4.55. The predicted molar refractivity (Wildman–Crippen MR) is 50.6 cm³/mol. The van der Waals surface area contributed by atoms with E-state index in [1.807, 2.05) is 0 Å². The summed E-state index contributed by atoms with van der Waals surface area (Å²) in [7, 11) is -0.750. The molecule has 0 saturated carbocycles. The van der Waals surface area contributed by atoms with Crippen LogP contribution in [0.2, 0.25) is 0 Å². The summed E-state index contributed by atoms with van der Waals surface area (Å²) in [5.74, 6) is 0. The van der Waals surface area contributed by atoms with Gasteiger partial charge in [-0.2, -0.15) is 0 Å². The SMILES string of the molecule is CCCCCCCC.OBO. The van der Waals surface area contributed by atoms with Crippen molar-refractivity contribution in [3.8, 4) is 0 Å². The van der Waals surface area contributed by atoms with Crippen molar-refractivity contribution in [2.24, 2.45) is 0 Å². The summed E-state index contributed by atoms with van der Waals surface area (Å²) in [5, 5.41) is 14.2. The second kappa shape index (κ2) is 16.5. The molecule has 0 spiro atoms. The summed E-state index contributed by atoms with van der Waals surface area (Å²) in [6.45, 7) is 4.51. The summed E-state index contributed by atoms with van der Waals surface area (Å²) >= 11 is 0. The van der Waals surface area contributed by atoms with Gasteiger partial charge in [0.05, 0.1) is 0 Å². The zero-order chi connectivity index (χ0) is 8.95. The normalized spacial score (nSPS) is 8.36. The highest BCUT2D eigenvalue weighted by Gasteiger charge is 1.83. The Balaban J connectivity index is 0. The molecule has 0 aromatic heterocycles. The third-order valence-electron chi connectivity index (χ3n) is 1.46. The van der Waals surface area contributed by atoms with Gasteiger partial charge in [-0.15, -0.1) is 0 Å². The summed E-state index contributed by atoms with van der Waals surface area (Å²) in [4.78, 5) is 0. The topological polar surface area (TPSA) is 40.5 Å². The molecule has 11 heavy (non-hydrogen) atoms. The molecule has 0 radical (unpaired) electrons. The number of hydrogen-bond acceptors (Lipinski definition) is 2. The molecule has 0 rings (SSSR count). The smallest absolute Gasteiger partial charge is 0.430 e.